The minimum absolute atomic E-state index is 0. The molecule has 2 rings (SSSR count). The first-order valence-electron chi connectivity index (χ1n) is 10.5. The van der Waals surface area contributed by atoms with Crippen LogP contribution in [-0.4, -0.2) is 29.5 Å². The van der Waals surface area contributed by atoms with E-state index in [1.54, 1.807) is 45.9 Å². The summed E-state index contributed by atoms with van der Waals surface area (Å²) in [5, 5.41) is 4.05. The SMILES string of the molecule is CCNC(CC)C(OC(=O)C(C)C)c1ccc(OC(=O)C(C)C)c2[nH]c(=O)ccc12.Cl. The van der Waals surface area contributed by atoms with E-state index in [1.165, 1.54) is 6.07 Å². The molecule has 31 heavy (non-hydrogen) atoms. The van der Waals surface area contributed by atoms with Crippen molar-refractivity contribution >= 4 is 35.2 Å². The van der Waals surface area contributed by atoms with Crippen LogP contribution in [0.2, 0.25) is 0 Å². The Kier molecular flexibility index (Phi) is 10.2. The highest BCUT2D eigenvalue weighted by Gasteiger charge is 2.29. The van der Waals surface area contributed by atoms with Gasteiger partial charge in [0, 0.05) is 23.1 Å². The monoisotopic (exact) mass is 452 g/mol. The van der Waals surface area contributed by atoms with Crippen molar-refractivity contribution < 1.29 is 19.1 Å². The summed E-state index contributed by atoms with van der Waals surface area (Å²) in [6.45, 7) is 11.8. The van der Waals surface area contributed by atoms with Gasteiger partial charge in [-0.2, -0.15) is 0 Å². The molecule has 0 amide bonds. The number of hydrogen-bond donors (Lipinski definition) is 2. The molecular formula is C23H33ClN2O5. The smallest absolute Gasteiger partial charge is 0.313 e. The second kappa shape index (κ2) is 11.9. The van der Waals surface area contributed by atoms with Crippen molar-refractivity contribution in [1.29, 1.82) is 0 Å². The fourth-order valence-corrected chi connectivity index (χ4v) is 3.16. The molecule has 0 aliphatic rings. The summed E-state index contributed by atoms with van der Waals surface area (Å²) in [6, 6.07) is 6.40. The summed E-state index contributed by atoms with van der Waals surface area (Å²) in [5.74, 6) is -1.01. The summed E-state index contributed by atoms with van der Waals surface area (Å²) < 4.78 is 11.4. The van der Waals surface area contributed by atoms with Gasteiger partial charge in [0.15, 0.2) is 5.75 Å². The number of likely N-dealkylation sites (N-methyl/N-ethyl adjacent to an activating group) is 1. The van der Waals surface area contributed by atoms with E-state index in [9.17, 15) is 14.4 Å². The van der Waals surface area contributed by atoms with Crippen LogP contribution in [-0.2, 0) is 14.3 Å². The number of ether oxygens (including phenoxy) is 2. The second-order valence-corrected chi connectivity index (χ2v) is 7.92. The number of carbonyl (C=O) groups excluding carboxylic acids is 2. The first kappa shape index (κ1) is 26.7. The molecule has 1 heterocycles. The van der Waals surface area contributed by atoms with Crippen LogP contribution in [0.1, 0.15) is 59.6 Å². The van der Waals surface area contributed by atoms with Gasteiger partial charge in [-0.1, -0.05) is 47.6 Å². The molecule has 0 bridgehead atoms. The van der Waals surface area contributed by atoms with Crippen molar-refractivity contribution in [1.82, 2.24) is 10.3 Å². The van der Waals surface area contributed by atoms with Gasteiger partial charge in [-0.3, -0.25) is 14.4 Å². The van der Waals surface area contributed by atoms with Crippen LogP contribution in [0, 0.1) is 11.8 Å². The van der Waals surface area contributed by atoms with Crippen molar-refractivity contribution in [2.75, 3.05) is 6.54 Å². The molecule has 2 atom stereocenters. The highest BCUT2D eigenvalue weighted by Crippen LogP contribution is 2.34. The lowest BCUT2D eigenvalue weighted by molar-refractivity contribution is -0.155. The fraction of sp³-hybridized carbons (Fsp3) is 0.522. The fourth-order valence-electron chi connectivity index (χ4n) is 3.16. The van der Waals surface area contributed by atoms with Crippen LogP contribution in [0.4, 0.5) is 0 Å². The minimum Gasteiger partial charge on any atom is -0.456 e. The van der Waals surface area contributed by atoms with Gasteiger partial charge in [0.1, 0.15) is 6.10 Å². The number of H-pyrrole nitrogens is 1. The summed E-state index contributed by atoms with van der Waals surface area (Å²) in [5.41, 5.74) is 0.842. The summed E-state index contributed by atoms with van der Waals surface area (Å²) in [4.78, 5) is 39.3. The number of carbonyl (C=O) groups is 2. The van der Waals surface area contributed by atoms with E-state index in [-0.39, 0.29) is 47.6 Å². The first-order chi connectivity index (χ1) is 14.2. The highest BCUT2D eigenvalue weighted by atomic mass is 35.5. The third-order valence-electron chi connectivity index (χ3n) is 4.87. The maximum absolute atomic E-state index is 12.5. The minimum atomic E-state index is -0.562. The Balaban J connectivity index is 0.00000480. The first-order valence-corrected chi connectivity index (χ1v) is 10.5. The van der Waals surface area contributed by atoms with Gasteiger partial charge < -0.3 is 19.8 Å². The van der Waals surface area contributed by atoms with Crippen LogP contribution in [0.15, 0.2) is 29.1 Å². The van der Waals surface area contributed by atoms with E-state index in [1.807, 2.05) is 13.8 Å². The quantitative estimate of drug-likeness (QED) is 0.438. The maximum Gasteiger partial charge on any atom is 0.313 e. The number of aromatic amines is 1. The molecule has 8 heteroatoms. The highest BCUT2D eigenvalue weighted by molar-refractivity contribution is 5.90. The molecule has 1 aromatic carbocycles. The van der Waals surface area contributed by atoms with Gasteiger partial charge in [0.25, 0.3) is 0 Å². The Labute approximate surface area is 189 Å². The molecule has 2 N–H and O–H groups in total. The molecular weight excluding hydrogens is 420 g/mol. The van der Waals surface area contributed by atoms with E-state index in [0.29, 0.717) is 17.4 Å². The standard InChI is InChI=1S/C23H32N2O5.ClH/c1-7-17(24-8-2)21(30-23(28)14(5)6)16-9-11-18(29-22(27)13(3)4)20-15(16)10-12-19(26)25-20;/h9-14,17,21,24H,7-8H2,1-6H3,(H,25,26);1H. The lowest BCUT2D eigenvalue weighted by Crippen LogP contribution is -2.37. The van der Waals surface area contributed by atoms with E-state index < -0.39 is 12.1 Å². The molecule has 0 saturated carbocycles. The number of benzene rings is 1. The average Bonchev–Trinajstić information content (AvgIpc) is 2.70. The van der Waals surface area contributed by atoms with Crippen molar-refractivity contribution in [3.05, 3.63) is 40.2 Å². The molecule has 0 saturated heterocycles. The Hall–Kier alpha value is -2.38. The number of pyridine rings is 1. The zero-order valence-electron chi connectivity index (χ0n) is 19.0. The molecule has 0 aliphatic heterocycles. The number of fused-ring (bicyclic) bond motifs is 1. The van der Waals surface area contributed by atoms with E-state index in [0.717, 1.165) is 12.0 Å². The van der Waals surface area contributed by atoms with Crippen molar-refractivity contribution in [3.63, 3.8) is 0 Å². The van der Waals surface area contributed by atoms with Crippen LogP contribution in [0.3, 0.4) is 0 Å². The molecule has 0 fully saturated rings. The normalized spacial score (nSPS) is 13.0. The third-order valence-corrected chi connectivity index (χ3v) is 4.87. The zero-order chi connectivity index (χ0) is 22.4. The number of esters is 2. The van der Waals surface area contributed by atoms with Crippen LogP contribution >= 0.6 is 12.4 Å². The zero-order valence-corrected chi connectivity index (χ0v) is 19.8. The van der Waals surface area contributed by atoms with E-state index in [4.69, 9.17) is 9.47 Å². The number of aromatic nitrogens is 1. The predicted molar refractivity (Wildman–Crippen MR) is 124 cm³/mol. The Morgan fingerprint density at radius 2 is 1.65 bits per heavy atom. The van der Waals surface area contributed by atoms with Crippen molar-refractivity contribution in [3.8, 4) is 5.75 Å². The number of halogens is 1. The second-order valence-electron chi connectivity index (χ2n) is 7.92. The van der Waals surface area contributed by atoms with Gasteiger partial charge in [-0.15, -0.1) is 12.4 Å². The van der Waals surface area contributed by atoms with Gasteiger partial charge >= 0.3 is 11.9 Å². The molecule has 2 aromatic rings. The number of hydrogen-bond acceptors (Lipinski definition) is 6. The largest absolute Gasteiger partial charge is 0.456 e. The van der Waals surface area contributed by atoms with E-state index in [2.05, 4.69) is 10.3 Å². The topological polar surface area (TPSA) is 97.5 Å². The van der Waals surface area contributed by atoms with Crippen molar-refractivity contribution in [2.24, 2.45) is 11.8 Å². The lowest BCUT2D eigenvalue weighted by Gasteiger charge is -2.29. The summed E-state index contributed by atoms with van der Waals surface area (Å²) in [7, 11) is 0. The molecule has 0 aliphatic carbocycles. The van der Waals surface area contributed by atoms with Crippen LogP contribution in [0.25, 0.3) is 10.9 Å². The number of rotatable bonds is 9. The average molecular weight is 453 g/mol. The molecule has 7 nitrogen and oxygen atoms in total. The summed E-state index contributed by atoms with van der Waals surface area (Å²) >= 11 is 0. The molecule has 2 unspecified atom stereocenters. The third kappa shape index (κ3) is 6.55. The predicted octanol–water partition coefficient (Wildman–Crippen LogP) is 4.14. The lowest BCUT2D eigenvalue weighted by atomic mass is 9.95. The van der Waals surface area contributed by atoms with Gasteiger partial charge in [-0.25, -0.2) is 0 Å². The van der Waals surface area contributed by atoms with Crippen molar-refractivity contribution in [2.45, 2.75) is 60.1 Å². The summed E-state index contributed by atoms with van der Waals surface area (Å²) in [6.07, 6.45) is 0.173. The van der Waals surface area contributed by atoms with E-state index >= 15 is 0 Å². The Bertz CT molecular complexity index is 955. The Morgan fingerprint density at radius 3 is 2.19 bits per heavy atom. The van der Waals surface area contributed by atoms with Gasteiger partial charge in [-0.05, 0) is 25.1 Å². The van der Waals surface area contributed by atoms with Crippen LogP contribution < -0.4 is 15.6 Å². The van der Waals surface area contributed by atoms with Gasteiger partial charge in [0.05, 0.1) is 17.4 Å². The number of nitrogens with one attached hydrogen (secondary N) is 2. The Morgan fingerprint density at radius 1 is 1.00 bits per heavy atom. The molecule has 0 spiro atoms. The van der Waals surface area contributed by atoms with Gasteiger partial charge in [0.2, 0.25) is 5.56 Å². The van der Waals surface area contributed by atoms with Crippen LogP contribution in [0.5, 0.6) is 5.75 Å². The molecule has 0 radical (unpaired) electrons. The maximum atomic E-state index is 12.5. The molecule has 1 aromatic heterocycles. The molecule has 172 valence electrons.